The molecule has 2 N–H and O–H groups in total. The van der Waals surface area contributed by atoms with Crippen molar-refractivity contribution in [3.63, 3.8) is 0 Å². The Bertz CT molecular complexity index is 496. The summed E-state index contributed by atoms with van der Waals surface area (Å²) in [6, 6.07) is 0. The number of hydrogen-bond donors (Lipinski definition) is 2. The van der Waals surface area contributed by atoms with Crippen molar-refractivity contribution < 1.29 is 38.1 Å². The molecule has 0 aliphatic carbocycles. The Balaban J connectivity index is 3.57. The Labute approximate surface area is 151 Å². The van der Waals surface area contributed by atoms with Crippen LogP contribution in [-0.2, 0) is 28.5 Å². The lowest BCUT2D eigenvalue weighted by Gasteiger charge is -2.09. The Kier molecular flexibility index (Phi) is 11.7. The number of hydrogen-bond acceptors (Lipinski definition) is 8. The smallest absolute Gasteiger partial charge is 0.407 e. The Morgan fingerprint density at radius 1 is 0.654 bits per heavy atom. The number of rotatable bonds is 11. The molecule has 0 bridgehead atoms. The van der Waals surface area contributed by atoms with Crippen LogP contribution in [0.4, 0.5) is 9.59 Å². The van der Waals surface area contributed by atoms with Gasteiger partial charge in [0.1, 0.15) is 26.4 Å². The number of alkyl carbamates (subject to hydrolysis) is 2. The summed E-state index contributed by atoms with van der Waals surface area (Å²) >= 11 is 0. The van der Waals surface area contributed by atoms with Crippen molar-refractivity contribution in [3.05, 3.63) is 24.3 Å². The number of nitrogens with one attached hydrogen (secondary N) is 2. The molecule has 0 aromatic heterocycles. The lowest BCUT2D eigenvalue weighted by molar-refractivity contribution is -0.140. The predicted molar refractivity (Wildman–Crippen MR) is 90.2 cm³/mol. The van der Waals surface area contributed by atoms with E-state index in [1.807, 2.05) is 0 Å². The van der Waals surface area contributed by atoms with E-state index in [1.54, 1.807) is 0 Å². The third-order valence-corrected chi connectivity index (χ3v) is 2.46. The fourth-order valence-corrected chi connectivity index (χ4v) is 1.22. The summed E-state index contributed by atoms with van der Waals surface area (Å²) in [5.41, 5.74) is 0.503. The first-order valence-electron chi connectivity index (χ1n) is 7.70. The maximum Gasteiger partial charge on any atom is 0.407 e. The molecule has 26 heavy (non-hydrogen) atoms. The summed E-state index contributed by atoms with van der Waals surface area (Å²) in [5.74, 6) is -1.13. The number of carbonyl (C=O) groups excluding carboxylic acids is 4. The van der Waals surface area contributed by atoms with E-state index in [9.17, 15) is 19.2 Å². The summed E-state index contributed by atoms with van der Waals surface area (Å²) in [6.45, 7) is 9.64. The van der Waals surface area contributed by atoms with Gasteiger partial charge in [0.2, 0.25) is 0 Å². The van der Waals surface area contributed by atoms with Crippen molar-refractivity contribution in [2.45, 2.75) is 13.8 Å². The fraction of sp³-hybridized carbons (Fsp3) is 0.500. The van der Waals surface area contributed by atoms with Gasteiger partial charge in [0.15, 0.2) is 0 Å². The molecule has 0 saturated carbocycles. The molecule has 0 unspecified atom stereocenters. The first-order chi connectivity index (χ1) is 12.2. The van der Waals surface area contributed by atoms with Gasteiger partial charge in [-0.05, 0) is 13.8 Å². The van der Waals surface area contributed by atoms with Gasteiger partial charge < -0.3 is 29.6 Å². The van der Waals surface area contributed by atoms with Gasteiger partial charge in [-0.3, -0.25) is 0 Å². The molecule has 0 saturated heterocycles. The highest BCUT2D eigenvalue weighted by Crippen LogP contribution is 1.92. The van der Waals surface area contributed by atoms with Crippen LogP contribution in [0.25, 0.3) is 0 Å². The van der Waals surface area contributed by atoms with Crippen LogP contribution >= 0.6 is 0 Å². The van der Waals surface area contributed by atoms with E-state index in [-0.39, 0.29) is 50.7 Å². The number of amides is 2. The van der Waals surface area contributed by atoms with Crippen molar-refractivity contribution in [3.8, 4) is 0 Å². The van der Waals surface area contributed by atoms with E-state index in [4.69, 9.17) is 18.9 Å². The van der Waals surface area contributed by atoms with E-state index in [0.29, 0.717) is 0 Å². The van der Waals surface area contributed by atoms with Crippen LogP contribution in [0.15, 0.2) is 24.3 Å². The van der Waals surface area contributed by atoms with Gasteiger partial charge in [0, 0.05) is 24.2 Å². The normalized spacial score (nSPS) is 9.46. The highest BCUT2D eigenvalue weighted by atomic mass is 16.6. The number of carbonyl (C=O) groups is 4. The van der Waals surface area contributed by atoms with Crippen LogP contribution < -0.4 is 10.6 Å². The van der Waals surface area contributed by atoms with Crippen LogP contribution in [0.1, 0.15) is 13.8 Å². The van der Waals surface area contributed by atoms with Crippen molar-refractivity contribution in [2.75, 3.05) is 39.5 Å². The molecule has 0 radical (unpaired) electrons. The second kappa shape index (κ2) is 13.3. The number of ether oxygens (including phenoxy) is 4. The minimum Gasteiger partial charge on any atom is -0.459 e. The Morgan fingerprint density at radius 2 is 0.962 bits per heavy atom. The zero-order valence-electron chi connectivity index (χ0n) is 14.9. The van der Waals surface area contributed by atoms with Gasteiger partial charge in [-0.2, -0.15) is 0 Å². The fourth-order valence-electron chi connectivity index (χ4n) is 1.22. The molecule has 0 rings (SSSR count). The molecule has 0 atom stereocenters. The average molecular weight is 372 g/mol. The van der Waals surface area contributed by atoms with Gasteiger partial charge in [-0.15, -0.1) is 0 Å². The average Bonchev–Trinajstić information content (AvgIpc) is 2.58. The highest BCUT2D eigenvalue weighted by molar-refractivity contribution is 5.87. The van der Waals surface area contributed by atoms with E-state index >= 15 is 0 Å². The summed E-state index contributed by atoms with van der Waals surface area (Å²) in [4.78, 5) is 44.7. The van der Waals surface area contributed by atoms with Crippen molar-refractivity contribution >= 4 is 24.1 Å². The summed E-state index contributed by atoms with van der Waals surface area (Å²) in [7, 11) is 0. The molecular formula is C16H24N2O8. The molecule has 0 aliphatic heterocycles. The minimum absolute atomic E-state index is 0.0837. The summed E-state index contributed by atoms with van der Waals surface area (Å²) in [6.07, 6.45) is -1.45. The molecular weight excluding hydrogens is 348 g/mol. The lowest BCUT2D eigenvalue weighted by Crippen LogP contribution is -2.36. The zero-order chi connectivity index (χ0) is 19.9. The van der Waals surface area contributed by atoms with Crippen LogP contribution in [-0.4, -0.2) is 63.6 Å². The Morgan fingerprint density at radius 3 is 1.27 bits per heavy atom. The summed E-state index contributed by atoms with van der Waals surface area (Å²) in [5, 5.41) is 4.75. The SMILES string of the molecule is C=C(C)C(=O)OCCOC(=O)NCCNC(=O)OCCOC(=O)C(=C)C. The van der Waals surface area contributed by atoms with E-state index < -0.39 is 24.1 Å². The van der Waals surface area contributed by atoms with Gasteiger partial charge >= 0.3 is 24.1 Å². The van der Waals surface area contributed by atoms with Gasteiger partial charge in [0.25, 0.3) is 0 Å². The number of esters is 2. The molecule has 0 fully saturated rings. The van der Waals surface area contributed by atoms with Crippen molar-refractivity contribution in [2.24, 2.45) is 0 Å². The van der Waals surface area contributed by atoms with Gasteiger partial charge in [-0.25, -0.2) is 19.2 Å². The van der Waals surface area contributed by atoms with Crippen LogP contribution in [0.2, 0.25) is 0 Å². The van der Waals surface area contributed by atoms with Gasteiger partial charge in [0.05, 0.1) is 0 Å². The van der Waals surface area contributed by atoms with Gasteiger partial charge in [-0.1, -0.05) is 13.2 Å². The predicted octanol–water partition coefficient (Wildman–Crippen LogP) is 0.677. The third-order valence-electron chi connectivity index (χ3n) is 2.46. The molecule has 10 nitrogen and oxygen atoms in total. The topological polar surface area (TPSA) is 129 Å². The first-order valence-corrected chi connectivity index (χ1v) is 7.70. The molecule has 0 aromatic carbocycles. The van der Waals surface area contributed by atoms with Crippen molar-refractivity contribution in [1.29, 1.82) is 0 Å². The zero-order valence-corrected chi connectivity index (χ0v) is 14.9. The maximum absolute atomic E-state index is 11.3. The molecule has 146 valence electrons. The summed E-state index contributed by atoms with van der Waals surface area (Å²) < 4.78 is 19.0. The second-order valence-electron chi connectivity index (χ2n) is 4.96. The standard InChI is InChI=1S/C16H24N2O8/c1-11(2)13(19)23-7-9-25-15(21)17-5-6-18-16(22)26-10-8-24-14(20)12(3)4/h1,3,5-10H2,2,4H3,(H,17,21)(H,18,22). The monoisotopic (exact) mass is 372 g/mol. The van der Waals surface area contributed by atoms with Crippen LogP contribution in [0.5, 0.6) is 0 Å². The molecule has 0 aliphatic rings. The third kappa shape index (κ3) is 12.4. The molecule has 0 aromatic rings. The molecule has 0 heterocycles. The second-order valence-corrected chi connectivity index (χ2v) is 4.96. The Hall–Kier alpha value is -3.04. The molecule has 10 heteroatoms. The van der Waals surface area contributed by atoms with Crippen LogP contribution in [0, 0.1) is 0 Å². The quantitative estimate of drug-likeness (QED) is 0.234. The van der Waals surface area contributed by atoms with Crippen LogP contribution in [0.3, 0.4) is 0 Å². The minimum atomic E-state index is -0.724. The largest absolute Gasteiger partial charge is 0.459 e. The first kappa shape index (κ1) is 23.0. The molecule has 2 amide bonds. The maximum atomic E-state index is 11.3. The van der Waals surface area contributed by atoms with Crippen molar-refractivity contribution in [1.82, 2.24) is 10.6 Å². The van der Waals surface area contributed by atoms with E-state index in [1.165, 1.54) is 13.8 Å². The van der Waals surface area contributed by atoms with E-state index in [0.717, 1.165) is 0 Å². The highest BCUT2D eigenvalue weighted by Gasteiger charge is 2.07. The lowest BCUT2D eigenvalue weighted by atomic mass is 10.4. The molecule has 0 spiro atoms. The van der Waals surface area contributed by atoms with E-state index in [2.05, 4.69) is 23.8 Å².